The highest BCUT2D eigenvalue weighted by Gasteiger charge is 2.24. The van der Waals surface area contributed by atoms with Crippen molar-refractivity contribution < 1.29 is 0 Å². The van der Waals surface area contributed by atoms with Crippen LogP contribution in [0.25, 0.3) is 6.08 Å². The van der Waals surface area contributed by atoms with Crippen LogP contribution >= 0.6 is 0 Å². The van der Waals surface area contributed by atoms with Gasteiger partial charge in [-0.1, -0.05) is 55.2 Å². The molecule has 0 amide bonds. The van der Waals surface area contributed by atoms with Crippen molar-refractivity contribution in [2.24, 2.45) is 0 Å². The van der Waals surface area contributed by atoms with Crippen molar-refractivity contribution in [3.63, 3.8) is 0 Å². The van der Waals surface area contributed by atoms with Crippen LogP contribution in [0.5, 0.6) is 0 Å². The van der Waals surface area contributed by atoms with E-state index in [9.17, 15) is 0 Å². The molecule has 2 aliphatic rings. The zero-order valence-corrected chi connectivity index (χ0v) is 9.21. The van der Waals surface area contributed by atoms with E-state index in [0.717, 1.165) is 5.92 Å². The van der Waals surface area contributed by atoms with Crippen LogP contribution in [0.2, 0.25) is 0 Å². The van der Waals surface area contributed by atoms with E-state index in [1.54, 1.807) is 11.1 Å². The minimum absolute atomic E-state index is 0.765. The Balaban J connectivity index is 1.96. The first-order valence-electron chi connectivity index (χ1n) is 6.24. The van der Waals surface area contributed by atoms with Gasteiger partial charge in [0.2, 0.25) is 0 Å². The Kier molecular flexibility index (Phi) is 2.36. The van der Waals surface area contributed by atoms with Gasteiger partial charge in [0, 0.05) is 5.92 Å². The first kappa shape index (κ1) is 9.21. The maximum absolute atomic E-state index is 2.45. The fourth-order valence-corrected chi connectivity index (χ4v) is 3.08. The van der Waals surface area contributed by atoms with Gasteiger partial charge in [-0.15, -0.1) is 0 Å². The van der Waals surface area contributed by atoms with Gasteiger partial charge in [0.1, 0.15) is 0 Å². The topological polar surface area (TPSA) is 0 Å². The number of hydrogen-bond donors (Lipinski definition) is 0. The van der Waals surface area contributed by atoms with Crippen LogP contribution in [0.15, 0.2) is 29.8 Å². The van der Waals surface area contributed by atoms with Crippen molar-refractivity contribution >= 4 is 6.08 Å². The van der Waals surface area contributed by atoms with Crippen LogP contribution in [-0.2, 0) is 0 Å². The number of fused-ring (bicyclic) bond motifs is 3. The van der Waals surface area contributed by atoms with E-state index in [-0.39, 0.29) is 0 Å². The van der Waals surface area contributed by atoms with E-state index >= 15 is 0 Å². The summed E-state index contributed by atoms with van der Waals surface area (Å²) in [6.07, 6.45) is 10.8. The second kappa shape index (κ2) is 3.84. The molecular weight excluding hydrogens is 180 g/mol. The predicted molar refractivity (Wildman–Crippen MR) is 64.9 cm³/mol. The van der Waals surface area contributed by atoms with Gasteiger partial charge in [0.05, 0.1) is 0 Å². The van der Waals surface area contributed by atoms with E-state index < -0.39 is 0 Å². The summed E-state index contributed by atoms with van der Waals surface area (Å²) in [5, 5.41) is 0. The molecule has 0 nitrogen and oxygen atoms in total. The van der Waals surface area contributed by atoms with E-state index in [0.29, 0.717) is 0 Å². The average Bonchev–Trinajstić information content (AvgIpc) is 2.55. The molecule has 2 aliphatic carbocycles. The van der Waals surface area contributed by atoms with Gasteiger partial charge in [-0.25, -0.2) is 0 Å². The van der Waals surface area contributed by atoms with Gasteiger partial charge in [-0.2, -0.15) is 0 Å². The molecule has 1 unspecified atom stereocenters. The molecule has 1 aromatic rings. The molecule has 3 rings (SSSR count). The summed E-state index contributed by atoms with van der Waals surface area (Å²) in [4.78, 5) is 0. The maximum Gasteiger partial charge on any atom is 0.00574 e. The van der Waals surface area contributed by atoms with Gasteiger partial charge in [-0.3, -0.25) is 0 Å². The van der Waals surface area contributed by atoms with E-state index in [4.69, 9.17) is 0 Å². The summed E-state index contributed by atoms with van der Waals surface area (Å²) in [6, 6.07) is 8.95. The molecule has 78 valence electrons. The molecule has 0 heterocycles. The highest BCUT2D eigenvalue weighted by Crippen LogP contribution is 2.42. The largest absolute Gasteiger partial charge is 0.0621 e. The summed E-state index contributed by atoms with van der Waals surface area (Å²) in [6.45, 7) is 0. The number of benzene rings is 1. The third-order valence-electron chi connectivity index (χ3n) is 3.87. The molecule has 0 heteroatoms. The minimum Gasteiger partial charge on any atom is -0.0621 e. The Hall–Kier alpha value is -1.04. The van der Waals surface area contributed by atoms with Crippen molar-refractivity contribution in [1.82, 2.24) is 0 Å². The highest BCUT2D eigenvalue weighted by atomic mass is 14.3. The third kappa shape index (κ3) is 1.62. The first-order chi connectivity index (χ1) is 7.45. The molecule has 0 saturated heterocycles. The van der Waals surface area contributed by atoms with Crippen molar-refractivity contribution in [1.29, 1.82) is 0 Å². The predicted octanol–water partition coefficient (Wildman–Crippen LogP) is 4.52. The van der Waals surface area contributed by atoms with Gasteiger partial charge >= 0.3 is 0 Å². The zero-order valence-electron chi connectivity index (χ0n) is 9.21. The van der Waals surface area contributed by atoms with Gasteiger partial charge in [-0.05, 0) is 30.4 Å². The summed E-state index contributed by atoms with van der Waals surface area (Å²) in [7, 11) is 0. The molecule has 1 atom stereocenters. The molecule has 0 aliphatic heterocycles. The Morgan fingerprint density at radius 1 is 0.933 bits per heavy atom. The quantitative estimate of drug-likeness (QED) is 0.575. The lowest BCUT2D eigenvalue weighted by atomic mass is 9.85. The second-order valence-corrected chi connectivity index (χ2v) is 4.85. The average molecular weight is 198 g/mol. The Labute approximate surface area is 92.0 Å². The molecule has 1 fully saturated rings. The monoisotopic (exact) mass is 198 g/mol. The van der Waals surface area contributed by atoms with Crippen LogP contribution in [0, 0.1) is 0 Å². The maximum atomic E-state index is 2.45. The summed E-state index contributed by atoms with van der Waals surface area (Å²) in [5.41, 5.74) is 4.78. The van der Waals surface area contributed by atoms with Crippen LogP contribution in [0.1, 0.15) is 55.6 Å². The van der Waals surface area contributed by atoms with Gasteiger partial charge in [0.15, 0.2) is 0 Å². The zero-order chi connectivity index (χ0) is 10.1. The van der Waals surface area contributed by atoms with E-state index in [1.807, 2.05) is 0 Å². The Morgan fingerprint density at radius 2 is 1.80 bits per heavy atom. The van der Waals surface area contributed by atoms with E-state index in [2.05, 4.69) is 30.3 Å². The smallest absolute Gasteiger partial charge is 0.00574 e. The SMILES string of the molecule is C1=C2CCCCCCC2c2ccccc21. The Bertz CT molecular complexity index is 387. The van der Waals surface area contributed by atoms with Crippen molar-refractivity contribution in [3.05, 3.63) is 41.0 Å². The molecule has 1 aromatic carbocycles. The lowest BCUT2D eigenvalue weighted by Crippen LogP contribution is -2.02. The molecular formula is C15H18. The molecule has 0 spiro atoms. The standard InChI is InChI=1S/C15H18/c1-2-4-9-14-12(7-3-1)11-13-8-5-6-10-15(13)14/h5-6,8,10-11,14H,1-4,7,9H2. The fourth-order valence-electron chi connectivity index (χ4n) is 3.08. The first-order valence-corrected chi connectivity index (χ1v) is 6.24. The summed E-state index contributed by atoms with van der Waals surface area (Å²) < 4.78 is 0. The molecule has 15 heavy (non-hydrogen) atoms. The van der Waals surface area contributed by atoms with Crippen LogP contribution in [0.4, 0.5) is 0 Å². The third-order valence-corrected chi connectivity index (χ3v) is 3.87. The number of hydrogen-bond acceptors (Lipinski definition) is 0. The van der Waals surface area contributed by atoms with Crippen LogP contribution in [-0.4, -0.2) is 0 Å². The van der Waals surface area contributed by atoms with Crippen molar-refractivity contribution in [2.45, 2.75) is 44.4 Å². The van der Waals surface area contributed by atoms with Crippen molar-refractivity contribution in [3.8, 4) is 0 Å². The Morgan fingerprint density at radius 3 is 2.80 bits per heavy atom. The minimum atomic E-state index is 0.765. The second-order valence-electron chi connectivity index (χ2n) is 4.85. The molecule has 0 aromatic heterocycles. The molecule has 1 saturated carbocycles. The van der Waals surface area contributed by atoms with Crippen LogP contribution in [0.3, 0.4) is 0 Å². The number of rotatable bonds is 0. The van der Waals surface area contributed by atoms with Crippen molar-refractivity contribution in [2.75, 3.05) is 0 Å². The summed E-state index contributed by atoms with van der Waals surface area (Å²) in [5.74, 6) is 0.765. The lowest BCUT2D eigenvalue weighted by molar-refractivity contribution is 0.536. The molecule has 0 N–H and O–H groups in total. The highest BCUT2D eigenvalue weighted by molar-refractivity contribution is 5.66. The fraction of sp³-hybridized carbons (Fsp3) is 0.467. The lowest BCUT2D eigenvalue weighted by Gasteiger charge is -2.19. The normalized spacial score (nSPS) is 24.8. The summed E-state index contributed by atoms with van der Waals surface area (Å²) >= 11 is 0. The number of allylic oxidation sites excluding steroid dienone is 1. The molecule has 0 bridgehead atoms. The van der Waals surface area contributed by atoms with Crippen LogP contribution < -0.4 is 0 Å². The van der Waals surface area contributed by atoms with Gasteiger partial charge in [0.25, 0.3) is 0 Å². The molecule has 0 radical (unpaired) electrons. The van der Waals surface area contributed by atoms with Gasteiger partial charge < -0.3 is 0 Å². The van der Waals surface area contributed by atoms with E-state index in [1.165, 1.54) is 44.1 Å².